The monoisotopic (exact) mass is 394 g/mol. The predicted molar refractivity (Wildman–Crippen MR) is 96.1 cm³/mol. The van der Waals surface area contributed by atoms with Crippen molar-refractivity contribution in [3.63, 3.8) is 0 Å². The molecule has 0 bridgehead atoms. The zero-order chi connectivity index (χ0) is 20.5. The Morgan fingerprint density at radius 2 is 2.07 bits per heavy atom. The highest BCUT2D eigenvalue weighted by molar-refractivity contribution is 6.08. The first-order valence-corrected chi connectivity index (χ1v) is 9.22. The molecule has 2 fully saturated rings. The van der Waals surface area contributed by atoms with Crippen LogP contribution < -0.4 is 10.6 Å². The summed E-state index contributed by atoms with van der Waals surface area (Å²) in [4.78, 5) is 37.2. The quantitative estimate of drug-likeness (QED) is 0.486. The Morgan fingerprint density at radius 1 is 1.36 bits per heavy atom. The van der Waals surface area contributed by atoms with Crippen LogP contribution in [0.5, 0.6) is 0 Å². The minimum absolute atomic E-state index is 0.0589. The third-order valence-corrected chi connectivity index (χ3v) is 5.13. The van der Waals surface area contributed by atoms with Crippen LogP contribution in [0.15, 0.2) is 0 Å². The number of hydrogen-bond donors (Lipinski definition) is 3. The first kappa shape index (κ1) is 20.2. The lowest BCUT2D eigenvalue weighted by Crippen LogP contribution is -2.49. The van der Waals surface area contributed by atoms with Gasteiger partial charge >= 0.3 is 6.03 Å². The average Bonchev–Trinajstić information content (AvgIpc) is 3.09. The normalized spacial score (nSPS) is 23.5. The van der Waals surface area contributed by atoms with Gasteiger partial charge in [0.05, 0.1) is 6.61 Å². The van der Waals surface area contributed by atoms with E-state index in [4.69, 9.17) is 4.74 Å². The zero-order valence-corrected chi connectivity index (χ0v) is 16.3. The number of nitrogens with one attached hydrogen (secondary N) is 2. The summed E-state index contributed by atoms with van der Waals surface area (Å²) in [6, 6.07) is -0.615. The van der Waals surface area contributed by atoms with E-state index in [1.807, 2.05) is 4.57 Å². The van der Waals surface area contributed by atoms with E-state index in [-0.39, 0.29) is 31.0 Å². The predicted octanol–water partition coefficient (Wildman–Crippen LogP) is -0.891. The molecule has 11 nitrogen and oxygen atoms in total. The summed E-state index contributed by atoms with van der Waals surface area (Å²) in [7, 11) is 1.60. The smallest absolute Gasteiger partial charge is 0.325 e. The number of carbonyl (C=O) groups excluding carboxylic acids is 3. The number of aliphatic hydroxyl groups excluding tert-OH is 1. The standard InChI is InChI=1S/C17H26N6O5/c1-17(2)15(26)23(16(27)19-17)8-13(25)18-11-6-10(7-11)14-21-20-12(9-24)22(14)4-5-28-3/h10-11,24H,4-9H2,1-3H3,(H,18,25)(H,19,27). The number of carbonyl (C=O) groups is 3. The van der Waals surface area contributed by atoms with E-state index in [2.05, 4.69) is 20.8 Å². The number of methoxy groups -OCH3 is 1. The first-order valence-electron chi connectivity index (χ1n) is 9.22. The molecule has 0 atom stereocenters. The van der Waals surface area contributed by atoms with Gasteiger partial charge in [-0.1, -0.05) is 0 Å². The van der Waals surface area contributed by atoms with Crippen LogP contribution in [0.2, 0.25) is 0 Å². The van der Waals surface area contributed by atoms with E-state index >= 15 is 0 Å². The lowest BCUT2D eigenvalue weighted by Gasteiger charge is -2.35. The molecule has 2 heterocycles. The Balaban J connectivity index is 1.52. The van der Waals surface area contributed by atoms with Crippen molar-refractivity contribution in [3.05, 3.63) is 11.6 Å². The number of rotatable bonds is 8. The van der Waals surface area contributed by atoms with Crippen molar-refractivity contribution in [1.82, 2.24) is 30.3 Å². The molecule has 1 saturated heterocycles. The fraction of sp³-hybridized carbons (Fsp3) is 0.706. The highest BCUT2D eigenvalue weighted by Crippen LogP contribution is 2.36. The van der Waals surface area contributed by atoms with Crippen LogP contribution in [-0.4, -0.2) is 74.5 Å². The fourth-order valence-electron chi connectivity index (χ4n) is 3.52. The van der Waals surface area contributed by atoms with Gasteiger partial charge in [0.15, 0.2) is 5.82 Å². The van der Waals surface area contributed by atoms with E-state index < -0.39 is 17.5 Å². The maximum absolute atomic E-state index is 12.2. The number of aliphatic hydroxyl groups is 1. The van der Waals surface area contributed by atoms with Crippen LogP contribution in [0, 0.1) is 0 Å². The lowest BCUT2D eigenvalue weighted by molar-refractivity contribution is -0.134. The molecule has 11 heteroatoms. The van der Waals surface area contributed by atoms with Gasteiger partial charge in [-0.15, -0.1) is 10.2 Å². The van der Waals surface area contributed by atoms with Crippen LogP contribution in [0.1, 0.15) is 44.3 Å². The summed E-state index contributed by atoms with van der Waals surface area (Å²) in [6.45, 7) is 3.72. The number of ether oxygens (including phenoxy) is 1. The van der Waals surface area contributed by atoms with Crippen molar-refractivity contribution in [2.45, 2.75) is 57.3 Å². The van der Waals surface area contributed by atoms with E-state index in [0.29, 0.717) is 31.8 Å². The van der Waals surface area contributed by atoms with Crippen LogP contribution in [0.4, 0.5) is 4.79 Å². The molecule has 0 aromatic carbocycles. The Labute approximate surface area is 162 Å². The van der Waals surface area contributed by atoms with Gasteiger partial charge in [0, 0.05) is 25.6 Å². The zero-order valence-electron chi connectivity index (χ0n) is 16.3. The van der Waals surface area contributed by atoms with Crippen LogP contribution in [0.3, 0.4) is 0 Å². The maximum atomic E-state index is 12.2. The number of nitrogens with zero attached hydrogens (tertiary/aromatic N) is 4. The van der Waals surface area contributed by atoms with Gasteiger partial charge in [-0.25, -0.2) is 4.79 Å². The third kappa shape index (κ3) is 3.85. The molecule has 1 saturated carbocycles. The molecule has 28 heavy (non-hydrogen) atoms. The molecule has 1 aromatic rings. The van der Waals surface area contributed by atoms with E-state index in [0.717, 1.165) is 10.7 Å². The first-order chi connectivity index (χ1) is 13.3. The average molecular weight is 394 g/mol. The summed E-state index contributed by atoms with van der Waals surface area (Å²) in [5.74, 6) is 0.581. The Kier molecular flexibility index (Phi) is 5.66. The molecule has 0 radical (unpaired) electrons. The lowest BCUT2D eigenvalue weighted by atomic mass is 9.79. The van der Waals surface area contributed by atoms with E-state index in [1.165, 1.54) is 0 Å². The van der Waals surface area contributed by atoms with Gasteiger partial charge in [0.2, 0.25) is 5.91 Å². The van der Waals surface area contributed by atoms with Crippen molar-refractivity contribution >= 4 is 17.8 Å². The van der Waals surface area contributed by atoms with Crippen LogP contribution in [0.25, 0.3) is 0 Å². The van der Waals surface area contributed by atoms with Crippen molar-refractivity contribution in [1.29, 1.82) is 0 Å². The summed E-state index contributed by atoms with van der Waals surface area (Å²) in [6.07, 6.45) is 1.35. The van der Waals surface area contributed by atoms with E-state index in [9.17, 15) is 19.5 Å². The molecule has 3 rings (SSSR count). The molecule has 0 unspecified atom stereocenters. The molecule has 0 spiro atoms. The number of aromatic nitrogens is 3. The van der Waals surface area contributed by atoms with Crippen molar-refractivity contribution in [3.8, 4) is 0 Å². The second kappa shape index (κ2) is 7.84. The van der Waals surface area contributed by atoms with Crippen LogP contribution in [-0.2, 0) is 27.5 Å². The number of imide groups is 1. The largest absolute Gasteiger partial charge is 0.388 e. The highest BCUT2D eigenvalue weighted by atomic mass is 16.5. The number of hydrogen-bond acceptors (Lipinski definition) is 7. The Bertz CT molecular complexity index is 770. The Morgan fingerprint density at radius 3 is 2.64 bits per heavy atom. The minimum Gasteiger partial charge on any atom is -0.388 e. The summed E-state index contributed by atoms with van der Waals surface area (Å²) in [5, 5.41) is 23.0. The van der Waals surface area contributed by atoms with Gasteiger partial charge in [0.1, 0.15) is 24.5 Å². The van der Waals surface area contributed by atoms with E-state index in [1.54, 1.807) is 21.0 Å². The molecule has 154 valence electrons. The maximum Gasteiger partial charge on any atom is 0.325 e. The molecule has 4 amide bonds. The van der Waals surface area contributed by atoms with Crippen LogP contribution >= 0.6 is 0 Å². The SMILES string of the molecule is COCCn1c(CO)nnc1C1CC(NC(=O)CN2C(=O)NC(C)(C)C2=O)C1. The fourth-order valence-corrected chi connectivity index (χ4v) is 3.52. The second-order valence-electron chi connectivity index (χ2n) is 7.66. The van der Waals surface area contributed by atoms with Gasteiger partial charge in [-0.2, -0.15) is 0 Å². The van der Waals surface area contributed by atoms with Gasteiger partial charge in [-0.3, -0.25) is 14.5 Å². The molecule has 2 aliphatic rings. The molecule has 1 aliphatic heterocycles. The number of amides is 4. The van der Waals surface area contributed by atoms with Crippen molar-refractivity contribution < 1.29 is 24.2 Å². The van der Waals surface area contributed by atoms with Gasteiger partial charge in [0.25, 0.3) is 5.91 Å². The second-order valence-corrected chi connectivity index (χ2v) is 7.66. The topological polar surface area (TPSA) is 139 Å². The summed E-state index contributed by atoms with van der Waals surface area (Å²) in [5.41, 5.74) is -0.990. The third-order valence-electron chi connectivity index (χ3n) is 5.13. The summed E-state index contributed by atoms with van der Waals surface area (Å²) >= 11 is 0. The Hall–Kier alpha value is -2.53. The number of urea groups is 1. The molecule has 1 aliphatic carbocycles. The van der Waals surface area contributed by atoms with Gasteiger partial charge in [-0.05, 0) is 26.7 Å². The van der Waals surface area contributed by atoms with Crippen molar-refractivity contribution in [2.24, 2.45) is 0 Å². The van der Waals surface area contributed by atoms with Gasteiger partial charge < -0.3 is 25.0 Å². The summed E-state index contributed by atoms with van der Waals surface area (Å²) < 4.78 is 6.94. The minimum atomic E-state index is -0.990. The molecular weight excluding hydrogens is 368 g/mol. The molecule has 3 N–H and O–H groups in total. The highest BCUT2D eigenvalue weighted by Gasteiger charge is 2.45. The van der Waals surface area contributed by atoms with Crippen molar-refractivity contribution in [2.75, 3.05) is 20.3 Å². The molecular formula is C17H26N6O5. The molecule has 1 aromatic heterocycles.